The van der Waals surface area contributed by atoms with Gasteiger partial charge in [0.15, 0.2) is 0 Å². The molecule has 4 heteroatoms. The Bertz CT molecular complexity index is 1020. The van der Waals surface area contributed by atoms with Gasteiger partial charge >= 0.3 is 5.97 Å². The summed E-state index contributed by atoms with van der Waals surface area (Å²) in [4.78, 5) is 17.3. The summed E-state index contributed by atoms with van der Waals surface area (Å²) >= 11 is 0. The fraction of sp³-hybridized carbons (Fsp3) is 0.182. The van der Waals surface area contributed by atoms with Crippen LogP contribution in [0.25, 0.3) is 22.6 Å². The molecule has 1 aromatic heterocycles. The van der Waals surface area contributed by atoms with Crippen molar-refractivity contribution in [1.29, 1.82) is 0 Å². The average molecular weight is 345 g/mol. The number of para-hydroxylation sites is 1. The first-order chi connectivity index (χ1) is 12.7. The predicted molar refractivity (Wildman–Crippen MR) is 102 cm³/mol. The first-order valence-corrected chi connectivity index (χ1v) is 8.56. The van der Waals surface area contributed by atoms with E-state index in [4.69, 9.17) is 14.5 Å². The summed E-state index contributed by atoms with van der Waals surface area (Å²) in [6.45, 7) is 0. The molecule has 0 N–H and O–H groups in total. The van der Waals surface area contributed by atoms with Crippen molar-refractivity contribution in [3.8, 4) is 5.75 Å². The van der Waals surface area contributed by atoms with Crippen molar-refractivity contribution in [2.24, 2.45) is 0 Å². The number of aromatic nitrogens is 1. The van der Waals surface area contributed by atoms with Crippen LogP contribution >= 0.6 is 0 Å². The molecule has 0 saturated heterocycles. The van der Waals surface area contributed by atoms with E-state index < -0.39 is 0 Å². The molecule has 2 aromatic carbocycles. The number of rotatable bonds is 3. The van der Waals surface area contributed by atoms with Crippen LogP contribution in [0, 0.1) is 0 Å². The van der Waals surface area contributed by atoms with Crippen LogP contribution in [-0.2, 0) is 11.2 Å². The molecule has 0 spiro atoms. The highest BCUT2D eigenvalue weighted by Crippen LogP contribution is 2.37. The number of carbonyl (C=O) groups excluding carboxylic acids is 1. The Morgan fingerprint density at radius 1 is 1.04 bits per heavy atom. The maximum atomic E-state index is 12.4. The second-order valence-corrected chi connectivity index (χ2v) is 6.27. The minimum atomic E-state index is -0.300. The van der Waals surface area contributed by atoms with Gasteiger partial charge in [-0.25, -0.2) is 9.78 Å². The van der Waals surface area contributed by atoms with Gasteiger partial charge in [-0.3, -0.25) is 0 Å². The number of fused-ring (bicyclic) bond motifs is 2. The lowest BCUT2D eigenvalue weighted by atomic mass is 10.0. The molecule has 0 aliphatic heterocycles. The van der Waals surface area contributed by atoms with Gasteiger partial charge in [-0.15, -0.1) is 0 Å². The lowest BCUT2D eigenvalue weighted by Crippen LogP contribution is -2.08. The van der Waals surface area contributed by atoms with Crippen molar-refractivity contribution in [3.63, 3.8) is 0 Å². The van der Waals surface area contributed by atoms with Gasteiger partial charge in [0, 0.05) is 5.39 Å². The third-order valence-electron chi connectivity index (χ3n) is 4.79. The highest BCUT2D eigenvalue weighted by molar-refractivity contribution is 6.07. The molecule has 1 aliphatic rings. The fourth-order valence-corrected chi connectivity index (χ4v) is 3.52. The summed E-state index contributed by atoms with van der Waals surface area (Å²) in [5.41, 5.74) is 5.57. The summed E-state index contributed by atoms with van der Waals surface area (Å²) in [5, 5.41) is 0.851. The van der Waals surface area contributed by atoms with Crippen LogP contribution in [-0.4, -0.2) is 25.2 Å². The van der Waals surface area contributed by atoms with Crippen LogP contribution < -0.4 is 4.74 Å². The number of esters is 1. The molecule has 0 atom stereocenters. The predicted octanol–water partition coefficient (Wildman–Crippen LogP) is 4.52. The van der Waals surface area contributed by atoms with Gasteiger partial charge in [0.25, 0.3) is 0 Å². The molecule has 1 aliphatic carbocycles. The van der Waals surface area contributed by atoms with E-state index in [2.05, 4.69) is 6.08 Å². The zero-order chi connectivity index (χ0) is 18.1. The van der Waals surface area contributed by atoms with E-state index in [1.807, 2.05) is 48.5 Å². The number of carbonyl (C=O) groups is 1. The van der Waals surface area contributed by atoms with Gasteiger partial charge < -0.3 is 9.47 Å². The molecule has 3 aromatic rings. The Balaban J connectivity index is 1.87. The molecule has 0 bridgehead atoms. The molecule has 130 valence electrons. The molecule has 4 rings (SSSR count). The third-order valence-corrected chi connectivity index (χ3v) is 4.79. The summed E-state index contributed by atoms with van der Waals surface area (Å²) in [6, 6.07) is 15.6. The Kier molecular flexibility index (Phi) is 4.17. The van der Waals surface area contributed by atoms with E-state index in [-0.39, 0.29) is 5.97 Å². The van der Waals surface area contributed by atoms with Gasteiger partial charge in [0.1, 0.15) is 5.75 Å². The number of methoxy groups -OCH3 is 2. The molecule has 4 nitrogen and oxygen atoms in total. The van der Waals surface area contributed by atoms with Gasteiger partial charge in [0.05, 0.1) is 31.0 Å². The second-order valence-electron chi connectivity index (χ2n) is 6.27. The van der Waals surface area contributed by atoms with E-state index >= 15 is 0 Å². The number of allylic oxidation sites excluding steroid dienone is 1. The summed E-state index contributed by atoms with van der Waals surface area (Å²) in [5.74, 6) is 0.529. The molecular weight excluding hydrogens is 326 g/mol. The first-order valence-electron chi connectivity index (χ1n) is 8.56. The maximum absolute atomic E-state index is 12.4. The normalized spacial score (nSPS) is 14.5. The third kappa shape index (κ3) is 2.73. The number of ether oxygens (including phenoxy) is 2. The van der Waals surface area contributed by atoms with E-state index in [0.29, 0.717) is 5.56 Å². The summed E-state index contributed by atoms with van der Waals surface area (Å²) in [6.07, 6.45) is 3.78. The monoisotopic (exact) mass is 345 g/mol. The quantitative estimate of drug-likeness (QED) is 0.655. The Morgan fingerprint density at radius 2 is 1.81 bits per heavy atom. The van der Waals surface area contributed by atoms with Gasteiger partial charge in [-0.2, -0.15) is 0 Å². The van der Waals surface area contributed by atoms with Crippen molar-refractivity contribution in [3.05, 3.63) is 70.9 Å². The fourth-order valence-electron chi connectivity index (χ4n) is 3.52. The van der Waals surface area contributed by atoms with Crippen molar-refractivity contribution in [2.75, 3.05) is 14.2 Å². The zero-order valence-electron chi connectivity index (χ0n) is 14.8. The van der Waals surface area contributed by atoms with Crippen molar-refractivity contribution in [2.45, 2.75) is 12.8 Å². The number of hydrogen-bond donors (Lipinski definition) is 0. The van der Waals surface area contributed by atoms with E-state index in [9.17, 15) is 4.79 Å². The van der Waals surface area contributed by atoms with Gasteiger partial charge in [-0.05, 0) is 53.8 Å². The highest BCUT2D eigenvalue weighted by Gasteiger charge is 2.27. The molecule has 0 fully saturated rings. The number of benzene rings is 2. The standard InChI is InChI=1S/C22H19NO3/c1-25-16-10-7-14(8-11-16)13-15-9-12-18-20(22(24)26-2)17-5-3-4-6-19(17)23-21(15)18/h3-8,10-11,13H,9,12H2,1-2H3. The molecular formula is C22H19NO3. The highest BCUT2D eigenvalue weighted by atomic mass is 16.5. The zero-order valence-corrected chi connectivity index (χ0v) is 14.8. The van der Waals surface area contributed by atoms with Crippen LogP contribution in [0.15, 0.2) is 48.5 Å². The van der Waals surface area contributed by atoms with Crippen LogP contribution in [0.4, 0.5) is 0 Å². The van der Waals surface area contributed by atoms with Crippen molar-refractivity contribution >= 4 is 28.5 Å². The summed E-state index contributed by atoms with van der Waals surface area (Å²) < 4.78 is 10.3. The first kappa shape index (κ1) is 16.3. The number of hydrogen-bond acceptors (Lipinski definition) is 4. The maximum Gasteiger partial charge on any atom is 0.338 e. The minimum Gasteiger partial charge on any atom is -0.497 e. The Morgan fingerprint density at radius 3 is 2.54 bits per heavy atom. The topological polar surface area (TPSA) is 48.4 Å². The van der Waals surface area contributed by atoms with Gasteiger partial charge in [-0.1, -0.05) is 30.3 Å². The van der Waals surface area contributed by atoms with Crippen molar-refractivity contribution in [1.82, 2.24) is 4.98 Å². The SMILES string of the molecule is COC(=O)c1c2c(nc3ccccc13)C(=Cc1ccc(OC)cc1)CC2. The molecule has 0 saturated carbocycles. The molecule has 26 heavy (non-hydrogen) atoms. The van der Waals surface area contributed by atoms with E-state index in [1.165, 1.54) is 7.11 Å². The molecule has 0 unspecified atom stereocenters. The lowest BCUT2D eigenvalue weighted by molar-refractivity contribution is 0.0602. The Hall–Kier alpha value is -3.14. The van der Waals surface area contributed by atoms with Crippen LogP contribution in [0.3, 0.4) is 0 Å². The lowest BCUT2D eigenvalue weighted by Gasteiger charge is -2.10. The number of nitrogens with zero attached hydrogens (tertiary/aromatic N) is 1. The van der Waals surface area contributed by atoms with E-state index in [1.54, 1.807) is 7.11 Å². The van der Waals surface area contributed by atoms with Gasteiger partial charge in [0.2, 0.25) is 0 Å². The smallest absolute Gasteiger partial charge is 0.338 e. The van der Waals surface area contributed by atoms with Crippen molar-refractivity contribution < 1.29 is 14.3 Å². The molecule has 0 radical (unpaired) electrons. The second kappa shape index (κ2) is 6.64. The largest absolute Gasteiger partial charge is 0.497 e. The van der Waals surface area contributed by atoms with Crippen LogP contribution in [0.2, 0.25) is 0 Å². The summed E-state index contributed by atoms with van der Waals surface area (Å²) in [7, 11) is 3.08. The van der Waals surface area contributed by atoms with Crippen LogP contribution in [0.1, 0.15) is 33.6 Å². The molecule has 0 amide bonds. The molecule has 1 heterocycles. The number of pyridine rings is 1. The van der Waals surface area contributed by atoms with Crippen LogP contribution in [0.5, 0.6) is 5.75 Å². The van der Waals surface area contributed by atoms with E-state index in [0.717, 1.165) is 51.9 Å². The Labute approximate surface area is 152 Å². The average Bonchev–Trinajstić information content (AvgIpc) is 3.08. The minimum absolute atomic E-state index is 0.300.